The Morgan fingerprint density at radius 2 is 2.00 bits per heavy atom. The van der Waals surface area contributed by atoms with E-state index in [1.165, 1.54) is 23.5 Å². The fraction of sp³-hybridized carbons (Fsp3) is 0.231. The number of anilines is 1. The van der Waals surface area contributed by atoms with Crippen molar-refractivity contribution in [1.82, 2.24) is 10.2 Å². The number of nitrogens with zero attached hydrogens (tertiary/aromatic N) is 2. The van der Waals surface area contributed by atoms with E-state index in [-0.39, 0.29) is 16.6 Å². The number of hydrogen-bond acceptors (Lipinski definition) is 6. The number of rotatable bonds is 4. The Morgan fingerprint density at radius 3 is 2.57 bits per heavy atom. The van der Waals surface area contributed by atoms with Gasteiger partial charge in [-0.25, -0.2) is 8.42 Å². The van der Waals surface area contributed by atoms with Gasteiger partial charge in [-0.1, -0.05) is 30.1 Å². The minimum absolute atomic E-state index is 0.116. The predicted octanol–water partition coefficient (Wildman–Crippen LogP) is 1.25. The van der Waals surface area contributed by atoms with Crippen LogP contribution < -0.4 is 4.72 Å². The third kappa shape index (κ3) is 4.01. The molecule has 2 rings (SSSR count). The van der Waals surface area contributed by atoms with Gasteiger partial charge in [-0.05, 0) is 30.7 Å². The normalized spacial score (nSPS) is 10.8. The van der Waals surface area contributed by atoms with Gasteiger partial charge in [0.1, 0.15) is 11.6 Å². The highest BCUT2D eigenvalue weighted by Crippen LogP contribution is 2.20. The van der Waals surface area contributed by atoms with Crippen molar-refractivity contribution >= 4 is 26.5 Å². The molecule has 0 saturated heterocycles. The topological polar surface area (TPSA) is 92.2 Å². The Balaban J connectivity index is 2.19. The number of aryl methyl sites for hydroxylation is 1. The zero-order chi connectivity index (χ0) is 15.3. The maximum absolute atomic E-state index is 12.2. The van der Waals surface area contributed by atoms with Gasteiger partial charge in [0.15, 0.2) is 0 Å². The molecule has 0 atom stereocenters. The second-order valence-corrected chi connectivity index (χ2v) is 6.69. The zero-order valence-electron chi connectivity index (χ0n) is 11.2. The molecule has 0 aliphatic rings. The van der Waals surface area contributed by atoms with Gasteiger partial charge in [0.25, 0.3) is 10.0 Å². The van der Waals surface area contributed by atoms with E-state index in [9.17, 15) is 8.42 Å². The molecule has 0 unspecified atom stereocenters. The van der Waals surface area contributed by atoms with Crippen LogP contribution in [0.5, 0.6) is 0 Å². The van der Waals surface area contributed by atoms with Gasteiger partial charge >= 0.3 is 0 Å². The first-order chi connectivity index (χ1) is 10.0. The molecule has 1 aromatic heterocycles. The minimum atomic E-state index is -3.69. The summed E-state index contributed by atoms with van der Waals surface area (Å²) in [6.45, 7) is 1.68. The molecule has 1 aromatic carbocycles. The molecule has 0 saturated carbocycles. The van der Waals surface area contributed by atoms with Crippen molar-refractivity contribution < 1.29 is 13.5 Å². The van der Waals surface area contributed by atoms with Crippen molar-refractivity contribution in [1.29, 1.82) is 0 Å². The first-order valence-corrected chi connectivity index (χ1v) is 8.40. The average Bonchev–Trinajstić information content (AvgIpc) is 2.92. The Morgan fingerprint density at radius 1 is 1.29 bits per heavy atom. The largest absolute Gasteiger partial charge is 0.384 e. The predicted molar refractivity (Wildman–Crippen MR) is 80.5 cm³/mol. The number of aliphatic hydroxyl groups excluding tert-OH is 1. The summed E-state index contributed by atoms with van der Waals surface area (Å²) in [5.41, 5.74) is 0.632. The van der Waals surface area contributed by atoms with Crippen LogP contribution in [-0.2, 0) is 16.4 Å². The lowest BCUT2D eigenvalue weighted by atomic mass is 10.2. The van der Waals surface area contributed by atoms with Gasteiger partial charge in [0.2, 0.25) is 5.13 Å². The van der Waals surface area contributed by atoms with Gasteiger partial charge in [-0.2, -0.15) is 0 Å². The molecule has 0 bridgehead atoms. The number of hydrogen-bond donors (Lipinski definition) is 2. The first kappa shape index (κ1) is 15.4. The highest BCUT2D eigenvalue weighted by atomic mass is 32.2. The molecule has 110 valence electrons. The molecule has 0 radical (unpaired) electrons. The summed E-state index contributed by atoms with van der Waals surface area (Å²) >= 11 is 1.21. The van der Waals surface area contributed by atoms with E-state index in [2.05, 4.69) is 26.8 Å². The molecular formula is C13H13N3O3S2. The van der Waals surface area contributed by atoms with Crippen LogP contribution in [0.25, 0.3) is 0 Å². The van der Waals surface area contributed by atoms with Crippen molar-refractivity contribution in [3.05, 3.63) is 34.8 Å². The summed E-state index contributed by atoms with van der Waals surface area (Å²) in [4.78, 5) is 0.116. The van der Waals surface area contributed by atoms with E-state index >= 15 is 0 Å². The lowest BCUT2D eigenvalue weighted by molar-refractivity contribution is 0.350. The number of sulfonamides is 1. The molecule has 8 heteroatoms. The Hall–Kier alpha value is -1.95. The summed E-state index contributed by atoms with van der Waals surface area (Å²) in [6, 6.07) is 6.06. The smallest absolute Gasteiger partial charge is 0.263 e. The maximum Gasteiger partial charge on any atom is 0.263 e. The van der Waals surface area contributed by atoms with E-state index < -0.39 is 10.0 Å². The van der Waals surface area contributed by atoms with Crippen LogP contribution in [0.1, 0.15) is 17.5 Å². The summed E-state index contributed by atoms with van der Waals surface area (Å²) < 4.78 is 26.7. The standard InChI is InChI=1S/C13H13N3O3S2/c1-2-12-14-15-13(20-12)16-21(18,19)11-7-5-10(6-8-11)4-3-9-17/h5-8,17H,2,9H2,1H3,(H,15,16). The van der Waals surface area contributed by atoms with Gasteiger partial charge in [-0.15, -0.1) is 10.2 Å². The van der Waals surface area contributed by atoms with Crippen molar-refractivity contribution in [3.63, 3.8) is 0 Å². The molecule has 1 heterocycles. The molecule has 0 fully saturated rings. The SMILES string of the molecule is CCc1nnc(NS(=O)(=O)c2ccc(C#CCO)cc2)s1. The highest BCUT2D eigenvalue weighted by Gasteiger charge is 2.16. The van der Waals surface area contributed by atoms with E-state index in [0.717, 1.165) is 5.01 Å². The average molecular weight is 323 g/mol. The van der Waals surface area contributed by atoms with Crippen LogP contribution in [-0.4, -0.2) is 30.3 Å². The van der Waals surface area contributed by atoms with Gasteiger partial charge < -0.3 is 5.11 Å². The minimum Gasteiger partial charge on any atom is -0.384 e. The third-order valence-corrected chi connectivity index (χ3v) is 4.93. The zero-order valence-corrected chi connectivity index (χ0v) is 12.8. The summed E-state index contributed by atoms with van der Waals surface area (Å²) in [7, 11) is -3.69. The number of nitrogens with one attached hydrogen (secondary N) is 1. The molecule has 21 heavy (non-hydrogen) atoms. The molecule has 2 aromatic rings. The van der Waals surface area contributed by atoms with Crippen molar-refractivity contribution in [2.45, 2.75) is 18.2 Å². The Labute approximate surface area is 126 Å². The van der Waals surface area contributed by atoms with Crippen LogP contribution in [0.4, 0.5) is 5.13 Å². The summed E-state index contributed by atoms with van der Waals surface area (Å²) in [5, 5.41) is 17.3. The maximum atomic E-state index is 12.2. The fourth-order valence-corrected chi connectivity index (χ4v) is 3.38. The number of aliphatic hydroxyl groups is 1. The summed E-state index contributed by atoms with van der Waals surface area (Å²) in [6.07, 6.45) is 0.706. The van der Waals surface area contributed by atoms with E-state index in [1.807, 2.05) is 6.92 Å². The van der Waals surface area contributed by atoms with Crippen molar-refractivity contribution in [3.8, 4) is 11.8 Å². The quantitative estimate of drug-likeness (QED) is 0.826. The molecular weight excluding hydrogens is 310 g/mol. The van der Waals surface area contributed by atoms with Gasteiger partial charge in [0.05, 0.1) is 4.90 Å². The molecule has 2 N–H and O–H groups in total. The highest BCUT2D eigenvalue weighted by molar-refractivity contribution is 7.93. The molecule has 0 aliphatic carbocycles. The van der Waals surface area contributed by atoms with Crippen LogP contribution >= 0.6 is 11.3 Å². The van der Waals surface area contributed by atoms with Crippen LogP contribution in [0, 0.1) is 11.8 Å². The lowest BCUT2D eigenvalue weighted by Crippen LogP contribution is -2.12. The Bertz CT molecular complexity index is 771. The van der Waals surface area contributed by atoms with Gasteiger partial charge in [0, 0.05) is 5.56 Å². The van der Waals surface area contributed by atoms with E-state index in [0.29, 0.717) is 12.0 Å². The number of aromatic nitrogens is 2. The monoisotopic (exact) mass is 323 g/mol. The molecule has 0 aliphatic heterocycles. The van der Waals surface area contributed by atoms with Gasteiger partial charge in [-0.3, -0.25) is 4.72 Å². The molecule has 6 nitrogen and oxygen atoms in total. The lowest BCUT2D eigenvalue weighted by Gasteiger charge is -2.04. The number of benzene rings is 1. The van der Waals surface area contributed by atoms with E-state index in [4.69, 9.17) is 5.11 Å². The van der Waals surface area contributed by atoms with Crippen molar-refractivity contribution in [2.75, 3.05) is 11.3 Å². The van der Waals surface area contributed by atoms with E-state index in [1.54, 1.807) is 12.1 Å². The van der Waals surface area contributed by atoms with Crippen LogP contribution in [0.15, 0.2) is 29.2 Å². The molecule has 0 amide bonds. The first-order valence-electron chi connectivity index (χ1n) is 6.10. The third-order valence-electron chi connectivity index (χ3n) is 2.47. The second kappa shape index (κ2) is 6.67. The molecule has 0 spiro atoms. The Kier molecular flexibility index (Phi) is 4.90. The second-order valence-electron chi connectivity index (χ2n) is 3.94. The summed E-state index contributed by atoms with van der Waals surface area (Å²) in [5.74, 6) is 5.19. The van der Waals surface area contributed by atoms with Crippen LogP contribution in [0.3, 0.4) is 0 Å². The fourth-order valence-electron chi connectivity index (χ4n) is 1.47. The van der Waals surface area contributed by atoms with Crippen molar-refractivity contribution in [2.24, 2.45) is 0 Å². The van der Waals surface area contributed by atoms with Crippen LogP contribution in [0.2, 0.25) is 0 Å².